The second kappa shape index (κ2) is 18.2. The summed E-state index contributed by atoms with van der Waals surface area (Å²) in [4.78, 5) is 0. The van der Waals surface area contributed by atoms with Crippen molar-refractivity contribution in [3.05, 3.63) is 157 Å². The SMILES string of the molecule is CN/C([S-])=N/N=C(/C(=N/N=C(\[S-])NC[P+](c1ccccc1)(c1ccccc1)c1ccccc1)c1ccccc1)c1ccc(OC)cc1.[Cu+2]. The van der Waals surface area contributed by atoms with Crippen molar-refractivity contribution in [2.75, 3.05) is 20.4 Å². The molecule has 5 rings (SSSR count). The minimum atomic E-state index is -2.19. The van der Waals surface area contributed by atoms with E-state index in [2.05, 4.69) is 98.7 Å². The number of hydrogen-bond acceptors (Lipinski definition) is 7. The van der Waals surface area contributed by atoms with Crippen LogP contribution in [0.2, 0.25) is 0 Å². The van der Waals surface area contributed by atoms with Crippen LogP contribution in [0.25, 0.3) is 0 Å². The van der Waals surface area contributed by atoms with Gasteiger partial charge in [0.1, 0.15) is 46.6 Å². The third kappa shape index (κ3) is 8.92. The first-order valence-electron chi connectivity index (χ1n) is 14.9. The normalized spacial score (nSPS) is 12.5. The number of nitrogens with one attached hydrogen (secondary N) is 2. The zero-order chi connectivity index (χ0) is 32.9. The van der Waals surface area contributed by atoms with Crippen LogP contribution >= 0.6 is 7.26 Å². The van der Waals surface area contributed by atoms with Crippen molar-refractivity contribution in [3.8, 4) is 5.75 Å². The first-order chi connectivity index (χ1) is 23.0. The molecule has 5 aromatic carbocycles. The zero-order valence-corrected chi connectivity index (χ0v) is 29.8. The molecule has 0 unspecified atom stereocenters. The molecule has 0 saturated heterocycles. The van der Waals surface area contributed by atoms with Gasteiger partial charge >= 0.3 is 17.1 Å². The van der Waals surface area contributed by atoms with E-state index in [4.69, 9.17) is 35.1 Å². The van der Waals surface area contributed by atoms with Gasteiger partial charge in [-0.15, -0.1) is 10.2 Å². The molecule has 2 N–H and O–H groups in total. The molecule has 0 aliphatic heterocycles. The van der Waals surface area contributed by atoms with Gasteiger partial charge in [0.15, 0.2) is 0 Å². The smallest absolute Gasteiger partial charge is 0.741 e. The van der Waals surface area contributed by atoms with Crippen LogP contribution in [0.4, 0.5) is 0 Å². The Kier molecular flexibility index (Phi) is 13.8. The summed E-state index contributed by atoms with van der Waals surface area (Å²) in [5.41, 5.74) is 2.51. The van der Waals surface area contributed by atoms with E-state index in [1.807, 2.05) is 72.8 Å². The van der Waals surface area contributed by atoms with Crippen molar-refractivity contribution in [2.45, 2.75) is 0 Å². The molecule has 0 aromatic heterocycles. The number of methoxy groups -OCH3 is 1. The van der Waals surface area contributed by atoms with Crippen molar-refractivity contribution in [1.82, 2.24) is 10.6 Å². The maximum absolute atomic E-state index is 5.82. The Balaban J connectivity index is 0.00000520. The van der Waals surface area contributed by atoms with Gasteiger partial charge in [-0.2, -0.15) is 10.2 Å². The van der Waals surface area contributed by atoms with E-state index in [-0.39, 0.29) is 27.4 Å². The number of rotatable bonds is 11. The van der Waals surface area contributed by atoms with Gasteiger partial charge in [0.2, 0.25) is 0 Å². The van der Waals surface area contributed by atoms with E-state index in [9.17, 15) is 0 Å². The predicted molar refractivity (Wildman–Crippen MR) is 204 cm³/mol. The maximum Gasteiger partial charge on any atom is 2.00 e. The average molecular weight is 737 g/mol. The molecule has 0 atom stereocenters. The summed E-state index contributed by atoms with van der Waals surface area (Å²) in [6.45, 7) is 0. The first-order valence-corrected chi connectivity index (χ1v) is 17.7. The van der Waals surface area contributed by atoms with Gasteiger partial charge in [0.25, 0.3) is 0 Å². The van der Waals surface area contributed by atoms with Crippen LogP contribution in [0.3, 0.4) is 0 Å². The fourth-order valence-corrected chi connectivity index (χ4v) is 9.19. The molecule has 245 valence electrons. The van der Waals surface area contributed by atoms with E-state index in [0.717, 1.165) is 11.1 Å². The van der Waals surface area contributed by atoms with Gasteiger partial charge in [0.05, 0.1) is 7.11 Å². The Morgan fingerprint density at radius 1 is 0.562 bits per heavy atom. The third-order valence-electron chi connectivity index (χ3n) is 7.39. The quantitative estimate of drug-likeness (QED) is 0.0477. The largest absolute Gasteiger partial charge is 2.00 e. The second-order valence-corrected chi connectivity index (χ2v) is 14.5. The minimum Gasteiger partial charge on any atom is -0.741 e. The van der Waals surface area contributed by atoms with Crippen molar-refractivity contribution in [2.24, 2.45) is 20.4 Å². The van der Waals surface area contributed by atoms with Gasteiger partial charge in [-0.05, 0) is 65.8 Å². The summed E-state index contributed by atoms with van der Waals surface area (Å²) in [7, 11) is 1.13. The fraction of sp³-hybridized carbons (Fsp3) is 0.0811. The molecule has 0 aliphatic carbocycles. The van der Waals surface area contributed by atoms with Crippen molar-refractivity contribution < 1.29 is 21.8 Å². The summed E-state index contributed by atoms with van der Waals surface area (Å²) in [5, 5.41) is 28.5. The second-order valence-electron chi connectivity index (χ2n) is 10.2. The molecule has 48 heavy (non-hydrogen) atoms. The van der Waals surface area contributed by atoms with E-state index in [1.165, 1.54) is 15.9 Å². The van der Waals surface area contributed by atoms with Crippen LogP contribution in [0.5, 0.6) is 5.75 Å². The molecular formula is C37H34CuN6OPS2+. The Hall–Kier alpha value is -4.43. The van der Waals surface area contributed by atoms with E-state index in [0.29, 0.717) is 23.5 Å². The molecular weight excluding hydrogens is 703 g/mol. The summed E-state index contributed by atoms with van der Waals surface area (Å²) in [6.07, 6.45) is 0.550. The van der Waals surface area contributed by atoms with Crippen LogP contribution in [0.15, 0.2) is 166 Å². The van der Waals surface area contributed by atoms with Gasteiger partial charge in [-0.3, -0.25) is 0 Å². The Morgan fingerprint density at radius 2 is 0.958 bits per heavy atom. The predicted octanol–water partition coefficient (Wildman–Crippen LogP) is 5.37. The summed E-state index contributed by atoms with van der Waals surface area (Å²) < 4.78 is 5.37. The Labute approximate surface area is 304 Å². The number of ether oxygens (including phenoxy) is 1. The summed E-state index contributed by atoms with van der Waals surface area (Å²) >= 11 is 11.1. The first kappa shape index (κ1) is 36.4. The molecule has 11 heteroatoms. The number of hydrogen-bond donors (Lipinski definition) is 2. The van der Waals surface area contributed by atoms with Crippen LogP contribution < -0.4 is 31.3 Å². The van der Waals surface area contributed by atoms with Crippen molar-refractivity contribution in [3.63, 3.8) is 0 Å². The summed E-state index contributed by atoms with van der Waals surface area (Å²) in [6, 6.07) is 49.0. The zero-order valence-electron chi connectivity index (χ0n) is 26.3. The van der Waals surface area contributed by atoms with Gasteiger partial charge in [-0.25, -0.2) is 0 Å². The molecule has 5 aromatic rings. The topological polar surface area (TPSA) is 82.7 Å². The fourth-order valence-electron chi connectivity index (χ4n) is 5.06. The molecule has 0 amide bonds. The van der Waals surface area contributed by atoms with E-state index >= 15 is 0 Å². The summed E-state index contributed by atoms with van der Waals surface area (Å²) in [5.74, 6) is 0.714. The molecule has 0 bridgehead atoms. The molecule has 0 aliphatic rings. The molecule has 1 radical (unpaired) electrons. The average Bonchev–Trinajstić information content (AvgIpc) is 3.15. The third-order valence-corrected chi connectivity index (χ3v) is 12.1. The molecule has 0 heterocycles. The standard InChI is InChI=1S/C37H35N6OPS2.Cu/c1-38-36(46)42-40-35(29-23-25-30(44-2)26-24-29)34(28-15-7-3-8-16-28)41-43-37(47)39-27-45(31-17-9-4-10-18-31,32-19-11-5-12-20-32)33-21-13-6-14-22-33;/h3-26H,27H2,1-2H3,(H3-,38,39,40,41,42,43,46,47);/q;+2/p-1. The van der Waals surface area contributed by atoms with E-state index < -0.39 is 7.26 Å². The van der Waals surface area contributed by atoms with Gasteiger partial charge in [0, 0.05) is 23.3 Å². The van der Waals surface area contributed by atoms with Crippen LogP contribution in [0.1, 0.15) is 11.1 Å². The number of amidine groups is 2. The molecule has 0 fully saturated rings. The maximum atomic E-state index is 5.82. The minimum absolute atomic E-state index is 0. The van der Waals surface area contributed by atoms with Gasteiger partial charge in [-0.1, -0.05) is 84.9 Å². The molecule has 7 nitrogen and oxygen atoms in total. The van der Waals surface area contributed by atoms with Crippen molar-refractivity contribution in [1.29, 1.82) is 0 Å². The molecule has 0 spiro atoms. The van der Waals surface area contributed by atoms with Crippen LogP contribution in [0, 0.1) is 0 Å². The van der Waals surface area contributed by atoms with Crippen molar-refractivity contribution >= 4 is 70.2 Å². The molecule has 0 saturated carbocycles. The number of nitrogens with zero attached hydrogens (tertiary/aromatic N) is 4. The monoisotopic (exact) mass is 736 g/mol. The number of benzene rings is 5. The van der Waals surface area contributed by atoms with Gasteiger partial charge < -0.3 is 40.6 Å². The van der Waals surface area contributed by atoms with Crippen LogP contribution in [-0.2, 0) is 42.3 Å². The Morgan fingerprint density at radius 3 is 1.38 bits per heavy atom. The van der Waals surface area contributed by atoms with E-state index in [1.54, 1.807) is 14.2 Å². The Bertz CT molecular complexity index is 1760. The van der Waals surface area contributed by atoms with Crippen LogP contribution in [-0.4, -0.2) is 42.2 Å².